The zero-order chi connectivity index (χ0) is 17.1. The first-order valence-corrected chi connectivity index (χ1v) is 7.87. The molecule has 1 aromatic carbocycles. The summed E-state index contributed by atoms with van der Waals surface area (Å²) < 4.78 is 30.4. The summed E-state index contributed by atoms with van der Waals surface area (Å²) in [6.45, 7) is 2.74. The molecule has 1 unspecified atom stereocenters. The summed E-state index contributed by atoms with van der Waals surface area (Å²) in [4.78, 5) is 4.21. The second kappa shape index (κ2) is 7.19. The van der Waals surface area contributed by atoms with Crippen LogP contribution < -0.4 is 9.47 Å². The Morgan fingerprint density at radius 3 is 2.83 bits per heavy atom. The van der Waals surface area contributed by atoms with Crippen molar-refractivity contribution in [3.8, 4) is 22.6 Å². The smallest absolute Gasteiger partial charge is 0.454 e. The molecule has 7 heteroatoms. The molecule has 1 saturated heterocycles. The van der Waals surface area contributed by atoms with Crippen LogP contribution in [0.15, 0.2) is 30.6 Å². The van der Waals surface area contributed by atoms with Crippen LogP contribution >= 0.6 is 0 Å². The topological polar surface area (TPSA) is 60.8 Å². The van der Waals surface area contributed by atoms with Gasteiger partial charge in [-0.1, -0.05) is 0 Å². The second-order valence-electron chi connectivity index (χ2n) is 5.64. The molecule has 1 atom stereocenters. The molecule has 2 aromatic rings. The second-order valence-corrected chi connectivity index (χ2v) is 5.64. The number of ether oxygens (including phenoxy) is 2. The highest BCUT2D eigenvalue weighted by Crippen LogP contribution is 2.36. The molecular formula is C17H19BFNO4. The van der Waals surface area contributed by atoms with Crippen LogP contribution in [0.2, 0.25) is 6.32 Å². The van der Waals surface area contributed by atoms with Crippen molar-refractivity contribution in [3.63, 3.8) is 0 Å². The lowest BCUT2D eigenvalue weighted by atomic mass is 9.80. The first kappa shape index (κ1) is 16.7. The summed E-state index contributed by atoms with van der Waals surface area (Å²) in [7, 11) is 0.728. The number of benzene rings is 1. The number of methoxy groups -OCH3 is 1. The van der Waals surface area contributed by atoms with E-state index in [4.69, 9.17) is 14.1 Å². The molecule has 3 rings (SSSR count). The average molecular weight is 331 g/mol. The molecule has 1 aliphatic rings. The van der Waals surface area contributed by atoms with Crippen LogP contribution in [-0.4, -0.2) is 37.4 Å². The maximum atomic E-state index is 14.5. The van der Waals surface area contributed by atoms with Gasteiger partial charge in [0, 0.05) is 42.1 Å². The van der Waals surface area contributed by atoms with Gasteiger partial charge in [-0.3, -0.25) is 4.98 Å². The highest BCUT2D eigenvalue weighted by Gasteiger charge is 2.30. The lowest BCUT2D eigenvalue weighted by molar-refractivity contribution is 0.292. The molecule has 0 spiro atoms. The maximum Gasteiger partial charge on any atom is 0.454 e. The Bertz CT molecular complexity index is 728. The van der Waals surface area contributed by atoms with Crippen molar-refractivity contribution in [1.29, 1.82) is 0 Å². The predicted molar refractivity (Wildman–Crippen MR) is 88.8 cm³/mol. The normalized spacial score (nSPS) is 17.2. The number of aromatic nitrogens is 1. The van der Waals surface area contributed by atoms with Crippen molar-refractivity contribution in [2.24, 2.45) is 0 Å². The molecule has 24 heavy (non-hydrogen) atoms. The fraction of sp³-hybridized carbons (Fsp3) is 0.353. The quantitative estimate of drug-likeness (QED) is 0.854. The van der Waals surface area contributed by atoms with Crippen molar-refractivity contribution < 1.29 is 23.5 Å². The van der Waals surface area contributed by atoms with E-state index in [9.17, 15) is 9.41 Å². The third kappa shape index (κ3) is 3.37. The minimum atomic E-state index is -0.749. The van der Waals surface area contributed by atoms with Crippen molar-refractivity contribution in [1.82, 2.24) is 4.98 Å². The SMILES string of the molecule is CCOc1cc(-c2cncc(C3COB(O)C3)c2)c(F)cc1OC. The van der Waals surface area contributed by atoms with Crippen molar-refractivity contribution >= 4 is 7.12 Å². The maximum absolute atomic E-state index is 14.5. The Hall–Kier alpha value is -2.12. The van der Waals surface area contributed by atoms with Gasteiger partial charge < -0.3 is 19.2 Å². The van der Waals surface area contributed by atoms with Crippen molar-refractivity contribution in [3.05, 3.63) is 42.0 Å². The van der Waals surface area contributed by atoms with E-state index < -0.39 is 12.9 Å². The largest absolute Gasteiger partial charge is 0.493 e. The van der Waals surface area contributed by atoms with Gasteiger partial charge in [-0.05, 0) is 30.9 Å². The third-order valence-corrected chi connectivity index (χ3v) is 4.07. The van der Waals surface area contributed by atoms with Gasteiger partial charge in [-0.2, -0.15) is 0 Å². The molecule has 1 aromatic heterocycles. The van der Waals surface area contributed by atoms with Gasteiger partial charge in [0.25, 0.3) is 0 Å². The summed E-state index contributed by atoms with van der Waals surface area (Å²) in [5.41, 5.74) is 1.96. The van der Waals surface area contributed by atoms with E-state index in [2.05, 4.69) is 4.98 Å². The number of rotatable bonds is 5. The monoisotopic (exact) mass is 331 g/mol. The number of pyridine rings is 1. The highest BCUT2D eigenvalue weighted by molar-refractivity contribution is 6.43. The minimum absolute atomic E-state index is 0.0557. The highest BCUT2D eigenvalue weighted by atomic mass is 19.1. The van der Waals surface area contributed by atoms with Crippen LogP contribution in [0.5, 0.6) is 11.5 Å². The summed E-state index contributed by atoms with van der Waals surface area (Å²) in [6, 6.07) is 4.81. The van der Waals surface area contributed by atoms with E-state index in [0.717, 1.165) is 5.56 Å². The van der Waals surface area contributed by atoms with E-state index in [1.807, 2.05) is 13.0 Å². The van der Waals surface area contributed by atoms with E-state index in [-0.39, 0.29) is 5.92 Å². The Morgan fingerprint density at radius 2 is 2.17 bits per heavy atom. The first-order valence-electron chi connectivity index (χ1n) is 7.87. The number of nitrogens with zero attached hydrogens (tertiary/aromatic N) is 1. The van der Waals surface area contributed by atoms with E-state index in [1.54, 1.807) is 18.5 Å². The molecule has 0 radical (unpaired) electrons. The molecule has 0 aliphatic carbocycles. The molecule has 0 bridgehead atoms. The van der Waals surface area contributed by atoms with Gasteiger partial charge in [0.1, 0.15) is 5.82 Å². The van der Waals surface area contributed by atoms with Crippen LogP contribution in [0.1, 0.15) is 18.4 Å². The number of halogens is 1. The van der Waals surface area contributed by atoms with Crippen LogP contribution in [0.4, 0.5) is 4.39 Å². The molecule has 126 valence electrons. The van der Waals surface area contributed by atoms with Gasteiger partial charge in [0.05, 0.1) is 13.7 Å². The Morgan fingerprint density at radius 1 is 1.33 bits per heavy atom. The molecule has 0 amide bonds. The molecule has 5 nitrogen and oxygen atoms in total. The third-order valence-electron chi connectivity index (χ3n) is 4.07. The fourth-order valence-electron chi connectivity index (χ4n) is 2.85. The molecule has 0 saturated carbocycles. The number of hydrogen-bond acceptors (Lipinski definition) is 5. The molecule has 1 fully saturated rings. The van der Waals surface area contributed by atoms with Crippen LogP contribution in [0, 0.1) is 5.82 Å². The van der Waals surface area contributed by atoms with Crippen molar-refractivity contribution in [2.75, 3.05) is 20.3 Å². The fourth-order valence-corrected chi connectivity index (χ4v) is 2.85. The average Bonchev–Trinajstić information content (AvgIpc) is 3.03. The van der Waals surface area contributed by atoms with E-state index in [0.29, 0.717) is 42.2 Å². The van der Waals surface area contributed by atoms with Gasteiger partial charge >= 0.3 is 7.12 Å². The summed E-state index contributed by atoms with van der Waals surface area (Å²) in [5.74, 6) is 0.494. The zero-order valence-corrected chi connectivity index (χ0v) is 13.7. The van der Waals surface area contributed by atoms with Gasteiger partial charge in [0.2, 0.25) is 0 Å². The standard InChI is InChI=1S/C17H19BFNO4/c1-3-23-17-5-14(15(19)6-16(17)22-2)12-4-11(8-20-9-12)13-7-18(21)24-10-13/h4-6,8-9,13,21H,3,7,10H2,1-2H3. The predicted octanol–water partition coefficient (Wildman–Crippen LogP) is 2.89. The Kier molecular flexibility index (Phi) is 5.01. The number of hydrogen-bond donors (Lipinski definition) is 1. The zero-order valence-electron chi connectivity index (χ0n) is 13.7. The van der Waals surface area contributed by atoms with Gasteiger partial charge in [0.15, 0.2) is 11.5 Å². The summed E-state index contributed by atoms with van der Waals surface area (Å²) in [6.07, 6.45) is 3.84. The molecule has 1 aliphatic heterocycles. The Balaban J connectivity index is 1.98. The van der Waals surface area contributed by atoms with Gasteiger partial charge in [-0.15, -0.1) is 0 Å². The molecular weight excluding hydrogens is 312 g/mol. The summed E-state index contributed by atoms with van der Waals surface area (Å²) >= 11 is 0. The minimum Gasteiger partial charge on any atom is -0.493 e. The Labute approximate surface area is 140 Å². The molecule has 2 heterocycles. The van der Waals surface area contributed by atoms with E-state index >= 15 is 0 Å². The van der Waals surface area contributed by atoms with Crippen molar-refractivity contribution in [2.45, 2.75) is 19.2 Å². The lowest BCUT2D eigenvalue weighted by Crippen LogP contribution is -2.07. The van der Waals surface area contributed by atoms with Gasteiger partial charge in [-0.25, -0.2) is 4.39 Å². The van der Waals surface area contributed by atoms with Crippen LogP contribution in [-0.2, 0) is 4.65 Å². The molecule has 1 N–H and O–H groups in total. The summed E-state index contributed by atoms with van der Waals surface area (Å²) in [5, 5.41) is 9.51. The first-order chi connectivity index (χ1) is 11.6. The van der Waals surface area contributed by atoms with E-state index in [1.165, 1.54) is 13.2 Å². The van der Waals surface area contributed by atoms with Crippen LogP contribution in [0.3, 0.4) is 0 Å². The lowest BCUT2D eigenvalue weighted by Gasteiger charge is -2.14. The van der Waals surface area contributed by atoms with Crippen LogP contribution in [0.25, 0.3) is 11.1 Å².